The third-order valence-electron chi connectivity index (χ3n) is 3.77. The standard InChI is InChI=1S/C16H21BrN2O2/c1-10(16(20)19-13-5-6-13)21-15-7-2-11(8-14(15)17)9-18-12-3-4-12/h2,7-8,10,12-13,18H,3-6,9H2,1H3,(H,19,20). The Labute approximate surface area is 133 Å². The van der Waals surface area contributed by atoms with Crippen LogP contribution in [-0.2, 0) is 11.3 Å². The highest BCUT2D eigenvalue weighted by molar-refractivity contribution is 9.10. The van der Waals surface area contributed by atoms with Gasteiger partial charge in [-0.1, -0.05) is 6.07 Å². The largest absolute Gasteiger partial charge is 0.480 e. The lowest BCUT2D eigenvalue weighted by Crippen LogP contribution is -2.37. The van der Waals surface area contributed by atoms with Gasteiger partial charge in [0.05, 0.1) is 4.47 Å². The summed E-state index contributed by atoms with van der Waals surface area (Å²) >= 11 is 3.53. The van der Waals surface area contributed by atoms with Crippen LogP contribution in [0, 0.1) is 0 Å². The van der Waals surface area contributed by atoms with E-state index in [9.17, 15) is 4.79 Å². The van der Waals surface area contributed by atoms with Crippen LogP contribution in [0.2, 0.25) is 0 Å². The third kappa shape index (κ3) is 4.45. The molecule has 5 heteroatoms. The van der Waals surface area contributed by atoms with Gasteiger partial charge in [-0.3, -0.25) is 4.79 Å². The van der Waals surface area contributed by atoms with Crippen molar-refractivity contribution in [1.82, 2.24) is 10.6 Å². The van der Waals surface area contributed by atoms with Crippen LogP contribution in [0.5, 0.6) is 5.75 Å². The molecule has 1 aromatic rings. The van der Waals surface area contributed by atoms with Gasteiger partial charge in [0.1, 0.15) is 5.75 Å². The van der Waals surface area contributed by atoms with Crippen molar-refractivity contribution < 1.29 is 9.53 Å². The molecule has 1 atom stereocenters. The van der Waals surface area contributed by atoms with E-state index in [-0.39, 0.29) is 5.91 Å². The molecule has 0 saturated heterocycles. The van der Waals surface area contributed by atoms with E-state index in [2.05, 4.69) is 32.6 Å². The van der Waals surface area contributed by atoms with Crippen LogP contribution in [0.25, 0.3) is 0 Å². The van der Waals surface area contributed by atoms with Crippen molar-refractivity contribution in [2.24, 2.45) is 0 Å². The zero-order valence-corrected chi connectivity index (χ0v) is 13.8. The Morgan fingerprint density at radius 2 is 2.05 bits per heavy atom. The lowest BCUT2D eigenvalue weighted by molar-refractivity contribution is -0.127. The maximum absolute atomic E-state index is 11.9. The number of rotatable bonds is 7. The molecule has 114 valence electrons. The van der Waals surface area contributed by atoms with Gasteiger partial charge in [0.25, 0.3) is 5.91 Å². The maximum atomic E-state index is 11.9. The molecule has 2 saturated carbocycles. The van der Waals surface area contributed by atoms with E-state index in [0.29, 0.717) is 17.8 Å². The minimum atomic E-state index is -0.475. The Balaban J connectivity index is 1.54. The fraction of sp³-hybridized carbons (Fsp3) is 0.562. The number of carbonyl (C=O) groups is 1. The van der Waals surface area contributed by atoms with Gasteiger partial charge in [0.2, 0.25) is 0 Å². The molecular weight excluding hydrogens is 332 g/mol. The molecule has 0 aromatic heterocycles. The van der Waals surface area contributed by atoms with E-state index < -0.39 is 6.10 Å². The third-order valence-corrected chi connectivity index (χ3v) is 4.38. The van der Waals surface area contributed by atoms with Crippen LogP contribution >= 0.6 is 15.9 Å². The first-order valence-electron chi connectivity index (χ1n) is 7.60. The predicted molar refractivity (Wildman–Crippen MR) is 85.3 cm³/mol. The lowest BCUT2D eigenvalue weighted by atomic mass is 10.2. The van der Waals surface area contributed by atoms with Gasteiger partial charge in [-0.25, -0.2) is 0 Å². The van der Waals surface area contributed by atoms with E-state index in [4.69, 9.17) is 4.74 Å². The molecule has 2 N–H and O–H groups in total. The smallest absolute Gasteiger partial charge is 0.260 e. The number of carbonyl (C=O) groups excluding carboxylic acids is 1. The van der Waals surface area contributed by atoms with Crippen molar-refractivity contribution in [1.29, 1.82) is 0 Å². The van der Waals surface area contributed by atoms with E-state index >= 15 is 0 Å². The van der Waals surface area contributed by atoms with Gasteiger partial charge in [0.15, 0.2) is 6.10 Å². The molecule has 0 radical (unpaired) electrons. The number of benzene rings is 1. The molecule has 4 nitrogen and oxygen atoms in total. The second kappa shape index (κ2) is 6.36. The van der Waals surface area contributed by atoms with Gasteiger partial charge in [-0.15, -0.1) is 0 Å². The van der Waals surface area contributed by atoms with Crippen LogP contribution in [0.3, 0.4) is 0 Å². The minimum Gasteiger partial charge on any atom is -0.480 e. The summed E-state index contributed by atoms with van der Waals surface area (Å²) in [4.78, 5) is 11.9. The Morgan fingerprint density at radius 3 is 2.67 bits per heavy atom. The van der Waals surface area contributed by atoms with Crippen molar-refractivity contribution >= 4 is 21.8 Å². The average Bonchev–Trinajstić information content (AvgIpc) is 3.33. The average molecular weight is 353 g/mol. The fourth-order valence-corrected chi connectivity index (χ4v) is 2.61. The lowest BCUT2D eigenvalue weighted by Gasteiger charge is -2.16. The van der Waals surface area contributed by atoms with E-state index in [0.717, 1.165) is 23.9 Å². The minimum absolute atomic E-state index is 0.0381. The SMILES string of the molecule is CC(Oc1ccc(CNC2CC2)cc1Br)C(=O)NC1CC1. The summed E-state index contributed by atoms with van der Waals surface area (Å²) < 4.78 is 6.64. The summed E-state index contributed by atoms with van der Waals surface area (Å²) in [7, 11) is 0. The molecule has 2 aliphatic carbocycles. The van der Waals surface area contributed by atoms with Crippen LogP contribution < -0.4 is 15.4 Å². The van der Waals surface area contributed by atoms with Gasteiger partial charge in [0, 0.05) is 18.6 Å². The second-order valence-corrected chi connectivity index (χ2v) is 6.82. The van der Waals surface area contributed by atoms with Crippen LogP contribution in [0.4, 0.5) is 0 Å². The maximum Gasteiger partial charge on any atom is 0.260 e. The Kier molecular flexibility index (Phi) is 4.50. The topological polar surface area (TPSA) is 50.4 Å². The molecule has 1 aromatic carbocycles. The molecule has 2 fully saturated rings. The summed E-state index contributed by atoms with van der Waals surface area (Å²) in [5.74, 6) is 0.674. The van der Waals surface area contributed by atoms with Crippen LogP contribution in [-0.4, -0.2) is 24.1 Å². The summed E-state index contributed by atoms with van der Waals surface area (Å²) in [6.07, 6.45) is 4.28. The number of nitrogens with one attached hydrogen (secondary N) is 2. The van der Waals surface area contributed by atoms with Crippen molar-refractivity contribution in [3.05, 3.63) is 28.2 Å². The molecule has 1 unspecified atom stereocenters. The number of hydrogen-bond acceptors (Lipinski definition) is 3. The molecule has 3 rings (SSSR count). The number of halogens is 1. The number of amides is 1. The van der Waals surface area contributed by atoms with Gasteiger partial charge in [-0.05, 0) is 66.2 Å². The quantitative estimate of drug-likeness (QED) is 0.793. The van der Waals surface area contributed by atoms with Crippen molar-refractivity contribution in [2.75, 3.05) is 0 Å². The number of hydrogen-bond donors (Lipinski definition) is 2. The first-order valence-corrected chi connectivity index (χ1v) is 8.40. The zero-order chi connectivity index (χ0) is 14.8. The highest BCUT2D eigenvalue weighted by Gasteiger charge is 2.26. The summed E-state index contributed by atoms with van der Waals surface area (Å²) in [5, 5.41) is 6.44. The molecule has 2 aliphatic rings. The Hall–Kier alpha value is -1.07. The molecule has 1 amide bonds. The first kappa shape index (κ1) is 14.9. The fourth-order valence-electron chi connectivity index (χ4n) is 2.09. The monoisotopic (exact) mass is 352 g/mol. The van der Waals surface area contributed by atoms with Crippen LogP contribution in [0.15, 0.2) is 22.7 Å². The summed E-state index contributed by atoms with van der Waals surface area (Å²) in [6.45, 7) is 2.66. The first-order chi connectivity index (χ1) is 10.1. The predicted octanol–water partition coefficient (Wildman–Crippen LogP) is 2.75. The molecule has 0 spiro atoms. The van der Waals surface area contributed by atoms with Gasteiger partial charge in [-0.2, -0.15) is 0 Å². The van der Waals surface area contributed by atoms with E-state index in [1.54, 1.807) is 6.92 Å². The van der Waals surface area contributed by atoms with Crippen molar-refractivity contribution in [3.8, 4) is 5.75 Å². The van der Waals surface area contributed by atoms with E-state index in [1.807, 2.05) is 12.1 Å². The number of ether oxygens (including phenoxy) is 1. The molecule has 0 aliphatic heterocycles. The van der Waals surface area contributed by atoms with E-state index in [1.165, 1.54) is 18.4 Å². The molecule has 21 heavy (non-hydrogen) atoms. The second-order valence-electron chi connectivity index (χ2n) is 5.96. The summed E-state index contributed by atoms with van der Waals surface area (Å²) in [6, 6.07) is 7.08. The van der Waals surface area contributed by atoms with Crippen molar-refractivity contribution in [3.63, 3.8) is 0 Å². The molecule has 0 bridgehead atoms. The molecular formula is C16H21BrN2O2. The highest BCUT2D eigenvalue weighted by atomic mass is 79.9. The Bertz CT molecular complexity index is 527. The zero-order valence-electron chi connectivity index (χ0n) is 12.2. The summed E-state index contributed by atoms with van der Waals surface area (Å²) in [5.41, 5.74) is 1.22. The Morgan fingerprint density at radius 1 is 1.33 bits per heavy atom. The van der Waals surface area contributed by atoms with Crippen LogP contribution in [0.1, 0.15) is 38.2 Å². The highest BCUT2D eigenvalue weighted by Crippen LogP contribution is 2.28. The molecule has 0 heterocycles. The van der Waals surface area contributed by atoms with Gasteiger partial charge >= 0.3 is 0 Å². The van der Waals surface area contributed by atoms with Crippen molar-refractivity contribution in [2.45, 2.75) is 57.3 Å². The van der Waals surface area contributed by atoms with Gasteiger partial charge < -0.3 is 15.4 Å². The normalized spacial score (nSPS) is 19.1.